The Bertz CT molecular complexity index is 1440. The molecule has 0 rings (SSSR count). The second-order valence-electron chi connectivity index (χ2n) is 17.4. The topological polar surface area (TPSA) is 78.9 Å². The Morgan fingerprint density at radius 3 is 0.910 bits per heavy atom. The van der Waals surface area contributed by atoms with Crippen LogP contribution in [0.15, 0.2) is 122 Å². The number of carbonyl (C=O) groups is 3. The molecule has 0 heterocycles. The lowest BCUT2D eigenvalue weighted by Gasteiger charge is -2.18. The van der Waals surface area contributed by atoms with Crippen molar-refractivity contribution in [3.8, 4) is 0 Å². The van der Waals surface area contributed by atoms with Crippen molar-refractivity contribution >= 4 is 17.9 Å². The van der Waals surface area contributed by atoms with Crippen molar-refractivity contribution in [3.05, 3.63) is 122 Å². The molecule has 0 saturated heterocycles. The highest BCUT2D eigenvalue weighted by atomic mass is 16.6. The third-order valence-electron chi connectivity index (χ3n) is 10.9. The number of ether oxygens (including phenoxy) is 3. The minimum atomic E-state index is -0.811. The third-order valence-corrected chi connectivity index (χ3v) is 10.9. The van der Waals surface area contributed by atoms with E-state index < -0.39 is 6.10 Å². The Morgan fingerprint density at radius 1 is 0.313 bits per heavy atom. The summed E-state index contributed by atoms with van der Waals surface area (Å²) >= 11 is 0. The van der Waals surface area contributed by atoms with E-state index in [0.717, 1.165) is 161 Å². The van der Waals surface area contributed by atoms with Gasteiger partial charge in [-0.3, -0.25) is 14.4 Å². The molecule has 378 valence electrons. The van der Waals surface area contributed by atoms with Gasteiger partial charge in [0.1, 0.15) is 13.2 Å². The van der Waals surface area contributed by atoms with Crippen LogP contribution < -0.4 is 0 Å². The van der Waals surface area contributed by atoms with Gasteiger partial charge in [0.05, 0.1) is 0 Å². The first-order chi connectivity index (χ1) is 33.0. The van der Waals surface area contributed by atoms with Gasteiger partial charge in [-0.2, -0.15) is 0 Å². The smallest absolute Gasteiger partial charge is 0.306 e. The van der Waals surface area contributed by atoms with Crippen LogP contribution in [0.1, 0.15) is 226 Å². The van der Waals surface area contributed by atoms with E-state index in [4.69, 9.17) is 14.2 Å². The number of hydrogen-bond acceptors (Lipinski definition) is 6. The molecule has 0 aliphatic carbocycles. The highest BCUT2D eigenvalue weighted by Gasteiger charge is 2.19. The zero-order valence-corrected chi connectivity index (χ0v) is 43.1. The van der Waals surface area contributed by atoms with Crippen molar-refractivity contribution in [2.45, 2.75) is 232 Å². The van der Waals surface area contributed by atoms with Crippen LogP contribution in [0.2, 0.25) is 0 Å². The summed E-state index contributed by atoms with van der Waals surface area (Å²) in [5.74, 6) is -0.975. The highest BCUT2D eigenvalue weighted by molar-refractivity contribution is 5.71. The van der Waals surface area contributed by atoms with Crippen molar-refractivity contribution in [2.24, 2.45) is 0 Å². The van der Waals surface area contributed by atoms with Crippen LogP contribution in [-0.4, -0.2) is 37.2 Å². The molecule has 0 aromatic carbocycles. The first kappa shape index (κ1) is 62.8. The standard InChI is InChI=1S/C61H98O6/c1-4-7-10-13-16-19-22-25-28-30-33-36-39-42-45-48-51-54-60(63)66-57-58(56-65-59(62)53-50-47-44-41-38-35-32-27-24-21-18-15-12-9-6-3)67-61(64)55-52-49-46-43-40-37-34-31-29-26-23-20-17-14-11-8-5-2/h8-9,11-12,16-21,25-29,32-34,36-37,58H,4-7,10,13-15,22-24,30-31,35,38-57H2,1-3H3/b11-8-,12-9-,19-16-,20-17-,21-18-,28-25-,29-26-,32-27-,36-33-,37-34-/t58-/m1/s1. The summed E-state index contributed by atoms with van der Waals surface area (Å²) in [5.41, 5.74) is 0. The van der Waals surface area contributed by atoms with Gasteiger partial charge in [0.15, 0.2) is 6.10 Å². The van der Waals surface area contributed by atoms with Gasteiger partial charge in [-0.25, -0.2) is 0 Å². The molecule has 1 atom stereocenters. The van der Waals surface area contributed by atoms with Crippen LogP contribution >= 0.6 is 0 Å². The lowest BCUT2D eigenvalue weighted by molar-refractivity contribution is -0.167. The summed E-state index contributed by atoms with van der Waals surface area (Å²) in [6.07, 6.45) is 74.6. The lowest BCUT2D eigenvalue weighted by Crippen LogP contribution is -2.30. The molecule has 0 aromatic rings. The van der Waals surface area contributed by atoms with E-state index in [9.17, 15) is 14.4 Å². The fourth-order valence-corrected chi connectivity index (χ4v) is 6.92. The first-order valence-corrected chi connectivity index (χ1v) is 27.0. The maximum absolute atomic E-state index is 12.8. The minimum Gasteiger partial charge on any atom is -0.462 e. The quantitative estimate of drug-likeness (QED) is 0.0262. The van der Waals surface area contributed by atoms with Crippen LogP contribution in [0, 0.1) is 0 Å². The average molecular weight is 927 g/mol. The van der Waals surface area contributed by atoms with Gasteiger partial charge in [-0.15, -0.1) is 0 Å². The zero-order valence-electron chi connectivity index (χ0n) is 43.1. The van der Waals surface area contributed by atoms with Gasteiger partial charge in [0, 0.05) is 19.3 Å². The third kappa shape index (κ3) is 52.6. The number of rotatable bonds is 47. The van der Waals surface area contributed by atoms with Gasteiger partial charge in [-0.1, -0.05) is 200 Å². The summed E-state index contributed by atoms with van der Waals surface area (Å²) in [5, 5.41) is 0. The molecule has 0 aliphatic rings. The van der Waals surface area contributed by atoms with Gasteiger partial charge < -0.3 is 14.2 Å². The van der Waals surface area contributed by atoms with Crippen molar-refractivity contribution in [3.63, 3.8) is 0 Å². The fourth-order valence-electron chi connectivity index (χ4n) is 6.92. The molecule has 0 saturated carbocycles. The molecule has 0 unspecified atom stereocenters. The molecule has 6 heteroatoms. The predicted molar refractivity (Wildman–Crippen MR) is 288 cm³/mol. The van der Waals surface area contributed by atoms with E-state index in [0.29, 0.717) is 12.8 Å². The number of carbonyl (C=O) groups excluding carboxylic acids is 3. The van der Waals surface area contributed by atoms with Crippen LogP contribution in [0.3, 0.4) is 0 Å². The Kier molecular flexibility index (Phi) is 51.0. The van der Waals surface area contributed by atoms with Gasteiger partial charge >= 0.3 is 17.9 Å². The highest BCUT2D eigenvalue weighted by Crippen LogP contribution is 2.13. The number of unbranched alkanes of at least 4 members (excludes halogenated alkanes) is 16. The molecular weight excluding hydrogens is 829 g/mol. The molecule has 67 heavy (non-hydrogen) atoms. The molecule has 0 N–H and O–H groups in total. The summed E-state index contributed by atoms with van der Waals surface area (Å²) in [4.78, 5) is 38.1. The van der Waals surface area contributed by atoms with Gasteiger partial charge in [-0.05, 0) is 128 Å². The molecule has 0 fully saturated rings. The Morgan fingerprint density at radius 2 is 0.582 bits per heavy atom. The van der Waals surface area contributed by atoms with Crippen LogP contribution in [0.5, 0.6) is 0 Å². The second kappa shape index (κ2) is 54.4. The maximum Gasteiger partial charge on any atom is 0.306 e. The number of allylic oxidation sites excluding steroid dienone is 20. The molecular formula is C61H98O6. The Balaban J connectivity index is 4.53. The first-order valence-electron chi connectivity index (χ1n) is 27.0. The molecule has 0 radical (unpaired) electrons. The summed E-state index contributed by atoms with van der Waals surface area (Å²) in [7, 11) is 0. The average Bonchev–Trinajstić information content (AvgIpc) is 3.33. The lowest BCUT2D eigenvalue weighted by atomic mass is 10.1. The van der Waals surface area contributed by atoms with Crippen LogP contribution in [0.25, 0.3) is 0 Å². The molecule has 6 nitrogen and oxygen atoms in total. The van der Waals surface area contributed by atoms with E-state index >= 15 is 0 Å². The van der Waals surface area contributed by atoms with Crippen molar-refractivity contribution in [1.82, 2.24) is 0 Å². The Labute approximate surface area is 412 Å². The van der Waals surface area contributed by atoms with Gasteiger partial charge in [0.2, 0.25) is 0 Å². The van der Waals surface area contributed by atoms with Crippen molar-refractivity contribution in [1.29, 1.82) is 0 Å². The fraction of sp³-hybridized carbons (Fsp3) is 0.623. The molecule has 0 aliphatic heterocycles. The normalized spacial score (nSPS) is 13.1. The summed E-state index contributed by atoms with van der Waals surface area (Å²) < 4.78 is 16.8. The second-order valence-corrected chi connectivity index (χ2v) is 17.4. The van der Waals surface area contributed by atoms with E-state index in [1.165, 1.54) is 25.7 Å². The van der Waals surface area contributed by atoms with E-state index in [-0.39, 0.29) is 37.5 Å². The molecule has 0 spiro atoms. The molecule has 0 aromatic heterocycles. The van der Waals surface area contributed by atoms with Gasteiger partial charge in [0.25, 0.3) is 0 Å². The van der Waals surface area contributed by atoms with Crippen LogP contribution in [0.4, 0.5) is 0 Å². The predicted octanol–water partition coefficient (Wildman–Crippen LogP) is 18.1. The van der Waals surface area contributed by atoms with E-state index in [1.54, 1.807) is 0 Å². The zero-order chi connectivity index (χ0) is 48.6. The van der Waals surface area contributed by atoms with E-state index in [1.807, 2.05) is 0 Å². The summed E-state index contributed by atoms with van der Waals surface area (Å²) in [6.45, 7) is 6.32. The number of hydrogen-bond donors (Lipinski definition) is 0. The molecule has 0 amide bonds. The monoisotopic (exact) mass is 927 g/mol. The largest absolute Gasteiger partial charge is 0.462 e. The minimum absolute atomic E-state index is 0.108. The van der Waals surface area contributed by atoms with E-state index in [2.05, 4.69) is 142 Å². The maximum atomic E-state index is 12.8. The SMILES string of the molecule is CC/C=C\C/C=C\C/C=C\C/C=C\CCCCCCC(=O)O[C@@H](COC(=O)CCCCCC/C=C\C/C=C\C/C=C\CCCCC)COC(=O)CCCCCCC/C=C\C/C=C\C/C=C\CC. The number of esters is 3. The van der Waals surface area contributed by atoms with Crippen molar-refractivity contribution in [2.75, 3.05) is 13.2 Å². The Hall–Kier alpha value is -4.19. The summed E-state index contributed by atoms with van der Waals surface area (Å²) in [6, 6.07) is 0. The van der Waals surface area contributed by atoms with Crippen LogP contribution in [-0.2, 0) is 28.6 Å². The van der Waals surface area contributed by atoms with Crippen molar-refractivity contribution < 1.29 is 28.6 Å². The molecule has 0 bridgehead atoms.